The fraction of sp³-hybridized carbons (Fsp3) is 0.500. The van der Waals surface area contributed by atoms with Gasteiger partial charge in [0.15, 0.2) is 17.5 Å². The second kappa shape index (κ2) is 8.27. The van der Waals surface area contributed by atoms with E-state index in [2.05, 4.69) is 10.3 Å². The molecule has 0 fully saturated rings. The van der Waals surface area contributed by atoms with Crippen molar-refractivity contribution < 1.29 is 14.2 Å². The summed E-state index contributed by atoms with van der Waals surface area (Å²) in [5.74, 6) is 1.77. The van der Waals surface area contributed by atoms with E-state index in [9.17, 15) is 0 Å². The molecular weight excluding hydrogens is 258 g/mol. The van der Waals surface area contributed by atoms with Gasteiger partial charge < -0.3 is 25.3 Å². The molecule has 0 bridgehead atoms. The minimum Gasteiger partial charge on any atom is -0.493 e. The topological polar surface area (TPSA) is 78.1 Å². The first kappa shape index (κ1) is 16.1. The van der Waals surface area contributed by atoms with Crippen molar-refractivity contribution in [2.24, 2.45) is 10.7 Å². The third-order valence-electron chi connectivity index (χ3n) is 2.69. The molecular formula is C14H23N3O3. The quantitative estimate of drug-likeness (QED) is 0.579. The fourth-order valence-electron chi connectivity index (χ4n) is 1.75. The highest BCUT2D eigenvalue weighted by Crippen LogP contribution is 2.27. The van der Waals surface area contributed by atoms with Crippen molar-refractivity contribution in [2.45, 2.75) is 19.5 Å². The van der Waals surface area contributed by atoms with Crippen molar-refractivity contribution in [2.75, 3.05) is 27.9 Å². The lowest BCUT2D eigenvalue weighted by Gasteiger charge is -2.13. The molecule has 0 amide bonds. The number of rotatable bonds is 7. The third-order valence-corrected chi connectivity index (χ3v) is 2.69. The smallest absolute Gasteiger partial charge is 0.189 e. The Balaban J connectivity index is 2.64. The Morgan fingerprint density at radius 2 is 1.95 bits per heavy atom. The number of guanidine groups is 1. The molecule has 0 radical (unpaired) electrons. The maximum atomic E-state index is 5.81. The van der Waals surface area contributed by atoms with Gasteiger partial charge in [0.05, 0.1) is 27.4 Å². The lowest BCUT2D eigenvalue weighted by atomic mass is 10.2. The summed E-state index contributed by atoms with van der Waals surface area (Å²) in [5, 5.41) is 3.05. The molecule has 0 aromatic heterocycles. The van der Waals surface area contributed by atoms with Crippen molar-refractivity contribution in [3.63, 3.8) is 0 Å². The van der Waals surface area contributed by atoms with Gasteiger partial charge in [-0.15, -0.1) is 0 Å². The highest BCUT2D eigenvalue weighted by molar-refractivity contribution is 5.78. The van der Waals surface area contributed by atoms with E-state index in [-0.39, 0.29) is 6.04 Å². The molecule has 0 aliphatic heterocycles. The summed E-state index contributed by atoms with van der Waals surface area (Å²) < 4.78 is 15.4. The number of benzene rings is 1. The Morgan fingerprint density at radius 3 is 2.55 bits per heavy atom. The Labute approximate surface area is 119 Å². The van der Waals surface area contributed by atoms with E-state index in [1.165, 1.54) is 0 Å². The van der Waals surface area contributed by atoms with Gasteiger partial charge in [-0.3, -0.25) is 0 Å². The van der Waals surface area contributed by atoms with Gasteiger partial charge in [0.2, 0.25) is 0 Å². The molecule has 20 heavy (non-hydrogen) atoms. The molecule has 0 saturated carbocycles. The number of hydrogen-bond donors (Lipinski definition) is 2. The second-order valence-electron chi connectivity index (χ2n) is 4.39. The lowest BCUT2D eigenvalue weighted by Crippen LogP contribution is -2.40. The van der Waals surface area contributed by atoms with Gasteiger partial charge in [-0.05, 0) is 24.6 Å². The predicted octanol–water partition coefficient (Wildman–Crippen LogP) is 1.14. The average molecular weight is 281 g/mol. The van der Waals surface area contributed by atoms with Crippen LogP contribution in [-0.2, 0) is 11.3 Å². The zero-order chi connectivity index (χ0) is 15.0. The van der Waals surface area contributed by atoms with Crippen LogP contribution in [0.1, 0.15) is 12.5 Å². The highest BCUT2D eigenvalue weighted by Gasteiger charge is 2.05. The first-order chi connectivity index (χ1) is 9.60. The van der Waals surface area contributed by atoms with Crippen molar-refractivity contribution in [3.05, 3.63) is 23.8 Å². The molecule has 1 aromatic carbocycles. The largest absolute Gasteiger partial charge is 0.493 e. The van der Waals surface area contributed by atoms with Crippen molar-refractivity contribution in [3.8, 4) is 11.5 Å². The van der Waals surface area contributed by atoms with Crippen molar-refractivity contribution in [1.29, 1.82) is 0 Å². The maximum absolute atomic E-state index is 5.81. The lowest BCUT2D eigenvalue weighted by molar-refractivity contribution is 0.179. The van der Waals surface area contributed by atoms with E-state index >= 15 is 0 Å². The Morgan fingerprint density at radius 1 is 1.25 bits per heavy atom. The molecule has 6 heteroatoms. The zero-order valence-corrected chi connectivity index (χ0v) is 12.5. The molecule has 0 saturated heterocycles. The van der Waals surface area contributed by atoms with Crippen LogP contribution in [0.3, 0.4) is 0 Å². The molecule has 0 heterocycles. The third kappa shape index (κ3) is 4.97. The van der Waals surface area contributed by atoms with Gasteiger partial charge >= 0.3 is 0 Å². The van der Waals surface area contributed by atoms with Crippen LogP contribution >= 0.6 is 0 Å². The normalized spacial score (nSPS) is 12.9. The molecule has 3 N–H and O–H groups in total. The minimum absolute atomic E-state index is 0.120. The fourth-order valence-corrected chi connectivity index (χ4v) is 1.75. The molecule has 1 unspecified atom stereocenters. The molecule has 1 aromatic rings. The summed E-state index contributed by atoms with van der Waals surface area (Å²) >= 11 is 0. The van der Waals surface area contributed by atoms with Crippen LogP contribution in [0.2, 0.25) is 0 Å². The van der Waals surface area contributed by atoms with E-state index in [0.29, 0.717) is 30.6 Å². The van der Waals surface area contributed by atoms with Gasteiger partial charge in [-0.1, -0.05) is 6.07 Å². The van der Waals surface area contributed by atoms with Crippen LogP contribution in [0.4, 0.5) is 0 Å². The summed E-state index contributed by atoms with van der Waals surface area (Å²) in [6.07, 6.45) is 0. The van der Waals surface area contributed by atoms with Crippen molar-refractivity contribution >= 4 is 5.96 Å². The SMILES string of the molecule is COCC(C)NC(N)=NCc1ccc(OC)c(OC)c1. The number of nitrogens with zero attached hydrogens (tertiary/aromatic N) is 1. The van der Waals surface area contributed by atoms with E-state index < -0.39 is 0 Å². The van der Waals surface area contributed by atoms with Crippen LogP contribution in [0.15, 0.2) is 23.2 Å². The Bertz CT molecular complexity index is 449. The highest BCUT2D eigenvalue weighted by atomic mass is 16.5. The van der Waals surface area contributed by atoms with Gasteiger partial charge in [-0.2, -0.15) is 0 Å². The predicted molar refractivity (Wildman–Crippen MR) is 79.3 cm³/mol. The molecule has 1 atom stereocenters. The molecule has 0 aliphatic rings. The van der Waals surface area contributed by atoms with Crippen LogP contribution in [0.5, 0.6) is 11.5 Å². The molecule has 0 aliphatic carbocycles. The number of methoxy groups -OCH3 is 3. The van der Waals surface area contributed by atoms with Crippen LogP contribution in [0, 0.1) is 0 Å². The van der Waals surface area contributed by atoms with E-state index in [1.807, 2.05) is 25.1 Å². The number of aliphatic imine (C=N–C) groups is 1. The van der Waals surface area contributed by atoms with Gasteiger partial charge in [0, 0.05) is 13.2 Å². The zero-order valence-electron chi connectivity index (χ0n) is 12.5. The maximum Gasteiger partial charge on any atom is 0.189 e. The summed E-state index contributed by atoms with van der Waals surface area (Å²) in [6, 6.07) is 5.78. The average Bonchev–Trinajstić information content (AvgIpc) is 2.44. The van der Waals surface area contributed by atoms with E-state index in [4.69, 9.17) is 19.9 Å². The molecule has 6 nitrogen and oxygen atoms in total. The number of nitrogens with two attached hydrogens (primary N) is 1. The molecule has 0 spiro atoms. The van der Waals surface area contributed by atoms with E-state index in [1.54, 1.807) is 21.3 Å². The summed E-state index contributed by atoms with van der Waals surface area (Å²) in [6.45, 7) is 3.02. The standard InChI is InChI=1S/C14H23N3O3/c1-10(9-18-2)17-14(15)16-8-11-5-6-12(19-3)13(7-11)20-4/h5-7,10H,8-9H2,1-4H3,(H3,15,16,17). The Kier molecular flexibility index (Phi) is 6.66. The van der Waals surface area contributed by atoms with Crippen LogP contribution < -0.4 is 20.5 Å². The van der Waals surface area contributed by atoms with Crippen LogP contribution in [0.25, 0.3) is 0 Å². The minimum atomic E-state index is 0.120. The monoisotopic (exact) mass is 281 g/mol. The summed E-state index contributed by atoms with van der Waals surface area (Å²) in [5.41, 5.74) is 6.80. The molecule has 1 rings (SSSR count). The molecule has 112 valence electrons. The number of nitrogens with one attached hydrogen (secondary N) is 1. The first-order valence-electron chi connectivity index (χ1n) is 6.37. The Hall–Kier alpha value is -1.95. The van der Waals surface area contributed by atoms with Crippen molar-refractivity contribution in [1.82, 2.24) is 5.32 Å². The van der Waals surface area contributed by atoms with Gasteiger partial charge in [0.1, 0.15) is 0 Å². The number of hydrogen-bond acceptors (Lipinski definition) is 4. The number of ether oxygens (including phenoxy) is 3. The summed E-state index contributed by atoms with van der Waals surface area (Å²) in [4.78, 5) is 4.28. The first-order valence-corrected chi connectivity index (χ1v) is 6.37. The van der Waals surface area contributed by atoms with Gasteiger partial charge in [-0.25, -0.2) is 4.99 Å². The second-order valence-corrected chi connectivity index (χ2v) is 4.39. The summed E-state index contributed by atoms with van der Waals surface area (Å²) in [7, 11) is 4.86. The van der Waals surface area contributed by atoms with Gasteiger partial charge in [0.25, 0.3) is 0 Å². The van der Waals surface area contributed by atoms with E-state index in [0.717, 1.165) is 5.56 Å². The van der Waals surface area contributed by atoms with Crippen LogP contribution in [-0.4, -0.2) is 39.9 Å².